The first-order chi connectivity index (χ1) is 9.02. The molecular formula is C12H17ClN4O2. The van der Waals surface area contributed by atoms with Crippen LogP contribution in [0.15, 0.2) is 12.3 Å². The molecule has 1 aliphatic heterocycles. The van der Waals surface area contributed by atoms with E-state index in [2.05, 4.69) is 11.9 Å². The number of nitrogens with zero attached hydrogens (tertiary/aromatic N) is 3. The Balaban J connectivity index is 2.29. The molecule has 2 N–H and O–H groups in total. The van der Waals surface area contributed by atoms with Crippen LogP contribution in [0.4, 0.5) is 11.5 Å². The molecule has 0 saturated carbocycles. The van der Waals surface area contributed by atoms with Gasteiger partial charge >= 0.3 is 5.69 Å². The fourth-order valence-corrected chi connectivity index (χ4v) is 2.63. The van der Waals surface area contributed by atoms with Gasteiger partial charge in [-0.15, -0.1) is 0 Å². The second-order valence-electron chi connectivity index (χ2n) is 4.82. The summed E-state index contributed by atoms with van der Waals surface area (Å²) in [6.07, 6.45) is 3.22. The zero-order valence-corrected chi connectivity index (χ0v) is 11.5. The highest BCUT2D eigenvalue weighted by Crippen LogP contribution is 2.31. The van der Waals surface area contributed by atoms with Gasteiger partial charge in [-0.25, -0.2) is 4.98 Å². The van der Waals surface area contributed by atoms with Crippen molar-refractivity contribution in [1.82, 2.24) is 4.98 Å². The van der Waals surface area contributed by atoms with Gasteiger partial charge < -0.3 is 10.6 Å². The molecule has 1 saturated heterocycles. The Morgan fingerprint density at radius 3 is 3.05 bits per heavy atom. The molecule has 1 fully saturated rings. The summed E-state index contributed by atoms with van der Waals surface area (Å²) < 4.78 is 0. The molecular weight excluding hydrogens is 268 g/mol. The first-order valence-electron chi connectivity index (χ1n) is 6.33. The van der Waals surface area contributed by atoms with Crippen molar-refractivity contribution in [3.8, 4) is 0 Å². The molecule has 104 valence electrons. The number of hydrogen-bond donors (Lipinski definition) is 1. The summed E-state index contributed by atoms with van der Waals surface area (Å²) in [7, 11) is 0. The van der Waals surface area contributed by atoms with Crippen LogP contribution in [0.3, 0.4) is 0 Å². The molecule has 6 nitrogen and oxygen atoms in total. The van der Waals surface area contributed by atoms with E-state index in [1.54, 1.807) is 0 Å². The van der Waals surface area contributed by atoms with E-state index in [0.717, 1.165) is 12.8 Å². The van der Waals surface area contributed by atoms with Crippen LogP contribution in [0.2, 0.25) is 5.02 Å². The molecule has 1 aliphatic rings. The molecule has 2 heterocycles. The molecule has 19 heavy (non-hydrogen) atoms. The Labute approximate surface area is 116 Å². The van der Waals surface area contributed by atoms with E-state index in [1.807, 2.05) is 4.90 Å². The van der Waals surface area contributed by atoms with Gasteiger partial charge in [0.2, 0.25) is 5.82 Å². The number of aromatic nitrogens is 1. The number of nitrogens with two attached hydrogens (primary N) is 1. The van der Waals surface area contributed by atoms with E-state index >= 15 is 0 Å². The van der Waals surface area contributed by atoms with Crippen LogP contribution in [-0.2, 0) is 0 Å². The lowest BCUT2D eigenvalue weighted by atomic mass is 9.90. The Hall–Kier alpha value is -1.40. The van der Waals surface area contributed by atoms with Crippen LogP contribution in [0.5, 0.6) is 0 Å². The largest absolute Gasteiger partial charge is 0.350 e. The molecule has 1 aromatic heterocycles. The van der Waals surface area contributed by atoms with Crippen LogP contribution >= 0.6 is 11.6 Å². The minimum Gasteiger partial charge on any atom is -0.350 e. The van der Waals surface area contributed by atoms with Gasteiger partial charge in [-0.3, -0.25) is 10.1 Å². The lowest BCUT2D eigenvalue weighted by molar-refractivity contribution is -0.384. The number of anilines is 1. The molecule has 0 aliphatic carbocycles. The fourth-order valence-electron chi connectivity index (χ4n) is 2.47. The number of piperidine rings is 1. The molecule has 2 atom stereocenters. The molecule has 0 bridgehead atoms. The lowest BCUT2D eigenvalue weighted by Crippen LogP contribution is -2.47. The highest BCUT2D eigenvalue weighted by atomic mass is 35.5. The van der Waals surface area contributed by atoms with Gasteiger partial charge in [-0.2, -0.15) is 0 Å². The van der Waals surface area contributed by atoms with Gasteiger partial charge in [0, 0.05) is 31.4 Å². The Morgan fingerprint density at radius 1 is 1.68 bits per heavy atom. The van der Waals surface area contributed by atoms with Gasteiger partial charge in [-0.05, 0) is 12.3 Å². The number of hydrogen-bond acceptors (Lipinski definition) is 5. The van der Waals surface area contributed by atoms with Crippen LogP contribution in [0.1, 0.15) is 19.8 Å². The maximum absolute atomic E-state index is 11.1. The van der Waals surface area contributed by atoms with Crippen molar-refractivity contribution in [2.45, 2.75) is 25.8 Å². The maximum atomic E-state index is 11.1. The summed E-state index contributed by atoms with van der Waals surface area (Å²) in [5, 5.41) is 11.4. The summed E-state index contributed by atoms with van der Waals surface area (Å²) in [5.41, 5.74) is 6.01. The summed E-state index contributed by atoms with van der Waals surface area (Å²) in [4.78, 5) is 16.7. The van der Waals surface area contributed by atoms with E-state index in [4.69, 9.17) is 17.3 Å². The number of pyridine rings is 1. The third-order valence-corrected chi connectivity index (χ3v) is 3.83. The van der Waals surface area contributed by atoms with Gasteiger partial charge in [0.1, 0.15) is 0 Å². The maximum Gasteiger partial charge on any atom is 0.313 e. The SMILES string of the molecule is CCC1CN(c2ncc(Cl)cc2[N+](=O)[O-])CCC1N. The monoisotopic (exact) mass is 284 g/mol. The highest BCUT2D eigenvalue weighted by Gasteiger charge is 2.30. The Morgan fingerprint density at radius 2 is 2.42 bits per heavy atom. The quantitative estimate of drug-likeness (QED) is 0.679. The van der Waals surface area contributed by atoms with Gasteiger partial charge in [0.25, 0.3) is 0 Å². The zero-order valence-electron chi connectivity index (χ0n) is 10.8. The normalized spacial score (nSPS) is 23.4. The average Bonchev–Trinajstić information content (AvgIpc) is 2.39. The number of halogens is 1. The predicted molar refractivity (Wildman–Crippen MR) is 74.5 cm³/mol. The van der Waals surface area contributed by atoms with Crippen molar-refractivity contribution in [1.29, 1.82) is 0 Å². The Bertz CT molecular complexity index is 483. The molecule has 2 unspecified atom stereocenters. The highest BCUT2D eigenvalue weighted by molar-refractivity contribution is 6.30. The molecule has 0 radical (unpaired) electrons. The summed E-state index contributed by atoms with van der Waals surface area (Å²) in [6, 6.07) is 1.51. The predicted octanol–water partition coefficient (Wildman–Crippen LogP) is 2.21. The molecule has 0 spiro atoms. The molecule has 1 aromatic rings. The van der Waals surface area contributed by atoms with Crippen molar-refractivity contribution in [3.05, 3.63) is 27.4 Å². The van der Waals surface area contributed by atoms with E-state index in [0.29, 0.717) is 24.8 Å². The third-order valence-electron chi connectivity index (χ3n) is 3.63. The average molecular weight is 285 g/mol. The Kier molecular flexibility index (Phi) is 4.21. The standard InChI is InChI=1S/C12H17ClN4O2/c1-2-8-7-16(4-3-10(8)14)12-11(17(18)19)5-9(13)6-15-12/h5-6,8,10H,2-4,7,14H2,1H3. The van der Waals surface area contributed by atoms with E-state index in [-0.39, 0.29) is 16.8 Å². The number of nitro groups is 1. The fraction of sp³-hybridized carbons (Fsp3) is 0.583. The van der Waals surface area contributed by atoms with Gasteiger partial charge in [0.05, 0.1) is 9.95 Å². The van der Waals surface area contributed by atoms with Gasteiger partial charge in [0.15, 0.2) is 0 Å². The minimum atomic E-state index is -0.441. The molecule has 0 aromatic carbocycles. The first-order valence-corrected chi connectivity index (χ1v) is 6.71. The minimum absolute atomic E-state index is 0.0437. The van der Waals surface area contributed by atoms with Crippen molar-refractivity contribution in [3.63, 3.8) is 0 Å². The summed E-state index contributed by atoms with van der Waals surface area (Å²) in [6.45, 7) is 3.47. The van der Waals surface area contributed by atoms with Crippen LogP contribution in [0, 0.1) is 16.0 Å². The van der Waals surface area contributed by atoms with Crippen LogP contribution in [-0.4, -0.2) is 29.0 Å². The topological polar surface area (TPSA) is 85.3 Å². The molecule has 0 amide bonds. The zero-order chi connectivity index (χ0) is 14.0. The van der Waals surface area contributed by atoms with Crippen molar-refractivity contribution >= 4 is 23.1 Å². The van der Waals surface area contributed by atoms with E-state index in [9.17, 15) is 10.1 Å². The van der Waals surface area contributed by atoms with Crippen molar-refractivity contribution in [2.24, 2.45) is 11.7 Å². The summed E-state index contributed by atoms with van der Waals surface area (Å²) >= 11 is 5.77. The van der Waals surface area contributed by atoms with Crippen molar-refractivity contribution in [2.75, 3.05) is 18.0 Å². The van der Waals surface area contributed by atoms with Crippen molar-refractivity contribution < 1.29 is 4.92 Å². The van der Waals surface area contributed by atoms with E-state index < -0.39 is 4.92 Å². The molecule has 7 heteroatoms. The second-order valence-corrected chi connectivity index (χ2v) is 5.26. The first kappa shape index (κ1) is 14.0. The van der Waals surface area contributed by atoms with E-state index in [1.165, 1.54) is 12.3 Å². The molecule has 2 rings (SSSR count). The third kappa shape index (κ3) is 2.96. The second kappa shape index (κ2) is 5.71. The smallest absolute Gasteiger partial charge is 0.313 e. The van der Waals surface area contributed by atoms with Crippen LogP contribution < -0.4 is 10.6 Å². The number of rotatable bonds is 3. The lowest BCUT2D eigenvalue weighted by Gasteiger charge is -2.36. The van der Waals surface area contributed by atoms with Crippen LogP contribution in [0.25, 0.3) is 0 Å². The summed E-state index contributed by atoms with van der Waals surface area (Å²) in [5.74, 6) is 0.727. The van der Waals surface area contributed by atoms with Gasteiger partial charge in [-0.1, -0.05) is 24.9 Å².